The summed E-state index contributed by atoms with van der Waals surface area (Å²) in [6.07, 6.45) is 0.750. The minimum absolute atomic E-state index is 0.437. The molecule has 4 nitrogen and oxygen atoms in total. The first-order chi connectivity index (χ1) is 9.95. The van der Waals surface area contributed by atoms with Crippen LogP contribution < -0.4 is 5.32 Å². The number of likely N-dealkylation sites (N-methyl/N-ethyl adjacent to an activating group) is 1. The van der Waals surface area contributed by atoms with E-state index >= 15 is 0 Å². The Morgan fingerprint density at radius 1 is 1.33 bits per heavy atom. The average molecular weight is 345 g/mol. The Balaban J connectivity index is 2.12. The van der Waals surface area contributed by atoms with Crippen LogP contribution in [0.2, 0.25) is 0 Å². The molecule has 0 saturated carbocycles. The van der Waals surface area contributed by atoms with E-state index in [2.05, 4.69) is 5.32 Å². The number of rotatable bonds is 7. The topological polar surface area (TPSA) is 49.4 Å². The Labute approximate surface area is 134 Å². The van der Waals surface area contributed by atoms with Crippen LogP contribution in [-0.2, 0) is 23.0 Å². The second-order valence-corrected chi connectivity index (χ2v) is 9.21. The van der Waals surface area contributed by atoms with Crippen LogP contribution in [0.4, 0.5) is 0 Å². The molecule has 7 heteroatoms. The lowest BCUT2D eigenvalue weighted by atomic mass is 10.3. The number of nitrogens with one attached hydrogen (secondary N) is 1. The molecule has 0 radical (unpaired) electrons. The zero-order valence-electron chi connectivity index (χ0n) is 12.4. The summed E-state index contributed by atoms with van der Waals surface area (Å²) in [6, 6.07) is 5.81. The molecule has 2 aromatic rings. The zero-order chi connectivity index (χ0) is 15.5. The summed E-state index contributed by atoms with van der Waals surface area (Å²) in [5.74, 6) is 0. The Morgan fingerprint density at radius 3 is 2.71 bits per heavy atom. The van der Waals surface area contributed by atoms with Crippen molar-refractivity contribution in [3.8, 4) is 0 Å². The van der Waals surface area contributed by atoms with Crippen LogP contribution in [0, 0.1) is 6.92 Å². The van der Waals surface area contributed by atoms with E-state index in [0.717, 1.165) is 16.2 Å². The molecule has 0 bridgehead atoms. The molecule has 0 atom stereocenters. The predicted molar refractivity (Wildman–Crippen MR) is 89.7 cm³/mol. The van der Waals surface area contributed by atoms with Gasteiger partial charge in [0.15, 0.2) is 0 Å². The van der Waals surface area contributed by atoms with Crippen LogP contribution >= 0.6 is 22.7 Å². The summed E-state index contributed by atoms with van der Waals surface area (Å²) in [7, 11) is 0.108. The lowest BCUT2D eigenvalue weighted by Gasteiger charge is -2.16. The number of nitrogens with zero attached hydrogens (tertiary/aromatic N) is 1. The second-order valence-electron chi connectivity index (χ2n) is 4.82. The van der Waals surface area contributed by atoms with Gasteiger partial charge >= 0.3 is 0 Å². The van der Waals surface area contributed by atoms with E-state index in [9.17, 15) is 8.42 Å². The van der Waals surface area contributed by atoms with Crippen molar-refractivity contribution in [2.24, 2.45) is 0 Å². The summed E-state index contributed by atoms with van der Waals surface area (Å²) >= 11 is 3.19. The molecule has 0 amide bonds. The van der Waals surface area contributed by atoms with Crippen molar-refractivity contribution in [3.63, 3.8) is 0 Å². The first-order valence-corrected chi connectivity index (χ1v) is 9.81. The third-order valence-corrected chi connectivity index (χ3v) is 7.31. The van der Waals surface area contributed by atoms with Crippen LogP contribution in [0.25, 0.3) is 0 Å². The van der Waals surface area contributed by atoms with Crippen LogP contribution in [0.5, 0.6) is 0 Å². The zero-order valence-corrected chi connectivity index (χ0v) is 14.9. The van der Waals surface area contributed by atoms with Gasteiger partial charge in [-0.3, -0.25) is 0 Å². The largest absolute Gasteiger partial charge is 0.315 e. The van der Waals surface area contributed by atoms with E-state index in [4.69, 9.17) is 0 Å². The number of thiophene rings is 2. The Morgan fingerprint density at radius 2 is 2.10 bits per heavy atom. The molecule has 0 saturated heterocycles. The summed E-state index contributed by atoms with van der Waals surface area (Å²) in [6.45, 7) is 3.06. The molecule has 0 aliphatic carbocycles. The number of aryl methyl sites for hydroxylation is 1. The van der Waals surface area contributed by atoms with Gasteiger partial charge in [-0.15, -0.1) is 22.7 Å². The van der Waals surface area contributed by atoms with Gasteiger partial charge in [-0.05, 0) is 37.9 Å². The van der Waals surface area contributed by atoms with Crippen LogP contribution in [0.1, 0.15) is 14.6 Å². The summed E-state index contributed by atoms with van der Waals surface area (Å²) in [4.78, 5) is 3.53. The first-order valence-electron chi connectivity index (χ1n) is 6.67. The molecule has 0 aromatic carbocycles. The Hall–Kier alpha value is -0.730. The molecular formula is C14H20N2O2S3. The lowest BCUT2D eigenvalue weighted by Crippen LogP contribution is -2.29. The van der Waals surface area contributed by atoms with Crippen LogP contribution in [0.3, 0.4) is 0 Å². The monoisotopic (exact) mass is 344 g/mol. The fourth-order valence-electron chi connectivity index (χ4n) is 2.05. The van der Waals surface area contributed by atoms with E-state index in [1.165, 1.54) is 20.5 Å². The third-order valence-electron chi connectivity index (χ3n) is 3.22. The smallest absolute Gasteiger partial charge is 0.243 e. The molecule has 116 valence electrons. The first kappa shape index (κ1) is 16.6. The molecular weight excluding hydrogens is 324 g/mol. The fourth-order valence-corrected chi connectivity index (χ4v) is 5.53. The van der Waals surface area contributed by atoms with Crippen molar-refractivity contribution >= 4 is 32.7 Å². The Kier molecular flexibility index (Phi) is 5.56. The van der Waals surface area contributed by atoms with E-state index in [1.807, 2.05) is 31.5 Å². The SMILES string of the molecule is CNCc1cc(S(=O)(=O)N(C)CCc2cccs2)c(C)s1. The van der Waals surface area contributed by atoms with Gasteiger partial charge in [0.1, 0.15) is 0 Å². The minimum atomic E-state index is -3.40. The van der Waals surface area contributed by atoms with Gasteiger partial charge in [-0.25, -0.2) is 12.7 Å². The quantitative estimate of drug-likeness (QED) is 0.840. The molecule has 1 N–H and O–H groups in total. The van der Waals surface area contributed by atoms with Gasteiger partial charge in [-0.1, -0.05) is 6.07 Å². The van der Waals surface area contributed by atoms with Crippen LogP contribution in [0.15, 0.2) is 28.5 Å². The van der Waals surface area contributed by atoms with E-state index in [0.29, 0.717) is 18.0 Å². The number of sulfonamides is 1. The maximum Gasteiger partial charge on any atom is 0.243 e. The van der Waals surface area contributed by atoms with Gasteiger partial charge in [0.25, 0.3) is 0 Å². The van der Waals surface area contributed by atoms with Gasteiger partial charge < -0.3 is 5.32 Å². The average Bonchev–Trinajstić information content (AvgIpc) is 3.06. The minimum Gasteiger partial charge on any atom is -0.315 e. The fraction of sp³-hybridized carbons (Fsp3) is 0.429. The van der Waals surface area contributed by atoms with E-state index < -0.39 is 10.0 Å². The molecule has 0 unspecified atom stereocenters. The molecule has 2 aromatic heterocycles. The van der Waals surface area contributed by atoms with E-state index in [-0.39, 0.29) is 0 Å². The molecule has 2 rings (SSSR count). The highest BCUT2D eigenvalue weighted by molar-refractivity contribution is 7.89. The lowest BCUT2D eigenvalue weighted by molar-refractivity contribution is 0.473. The normalized spacial score (nSPS) is 12.2. The van der Waals surface area contributed by atoms with Crippen molar-refractivity contribution < 1.29 is 8.42 Å². The highest BCUT2D eigenvalue weighted by Crippen LogP contribution is 2.28. The van der Waals surface area contributed by atoms with Crippen molar-refractivity contribution in [1.29, 1.82) is 0 Å². The molecule has 21 heavy (non-hydrogen) atoms. The highest BCUT2D eigenvalue weighted by atomic mass is 32.2. The van der Waals surface area contributed by atoms with Gasteiger partial charge in [0.2, 0.25) is 10.0 Å². The Bertz CT molecular complexity index is 675. The van der Waals surface area contributed by atoms with Crippen molar-refractivity contribution in [1.82, 2.24) is 9.62 Å². The van der Waals surface area contributed by atoms with Gasteiger partial charge in [-0.2, -0.15) is 0 Å². The summed E-state index contributed by atoms with van der Waals surface area (Å²) < 4.78 is 26.7. The predicted octanol–water partition coefficient (Wildman–Crippen LogP) is 2.70. The number of hydrogen-bond acceptors (Lipinski definition) is 5. The maximum absolute atomic E-state index is 12.6. The van der Waals surface area contributed by atoms with Crippen molar-refractivity contribution in [2.75, 3.05) is 20.6 Å². The summed E-state index contributed by atoms with van der Waals surface area (Å²) in [5.41, 5.74) is 0. The van der Waals surface area contributed by atoms with Crippen LogP contribution in [-0.4, -0.2) is 33.4 Å². The van der Waals surface area contributed by atoms with E-state index in [1.54, 1.807) is 24.5 Å². The standard InChI is InChI=1S/C14H20N2O2S3/c1-11-14(9-13(20-11)10-15-2)21(17,18)16(3)7-6-12-5-4-8-19-12/h4-5,8-9,15H,6-7,10H2,1-3H3. The highest BCUT2D eigenvalue weighted by Gasteiger charge is 2.24. The second kappa shape index (κ2) is 7.02. The molecule has 0 fully saturated rings. The van der Waals surface area contributed by atoms with Crippen molar-refractivity contribution in [3.05, 3.63) is 38.2 Å². The number of hydrogen-bond donors (Lipinski definition) is 1. The summed E-state index contributed by atoms with van der Waals surface area (Å²) in [5, 5.41) is 5.06. The van der Waals surface area contributed by atoms with Gasteiger partial charge in [0.05, 0.1) is 4.90 Å². The molecule has 2 heterocycles. The van der Waals surface area contributed by atoms with Crippen molar-refractivity contribution in [2.45, 2.75) is 24.8 Å². The van der Waals surface area contributed by atoms with Gasteiger partial charge in [0, 0.05) is 34.8 Å². The molecule has 0 aliphatic heterocycles. The molecule has 0 aliphatic rings. The maximum atomic E-state index is 12.6. The third kappa shape index (κ3) is 3.92. The molecule has 0 spiro atoms.